The molecule has 0 unspecified atom stereocenters. The molecule has 6 nitrogen and oxygen atoms in total. The van der Waals surface area contributed by atoms with Crippen molar-refractivity contribution in [1.29, 1.82) is 0 Å². The lowest BCUT2D eigenvalue weighted by atomic mass is 10.0. The van der Waals surface area contributed by atoms with E-state index in [1.807, 2.05) is 56.3 Å². The largest absolute Gasteiger partial charge is 0.496 e. The van der Waals surface area contributed by atoms with Crippen LogP contribution in [-0.2, 0) is 11.4 Å². The van der Waals surface area contributed by atoms with E-state index in [2.05, 4.69) is 10.5 Å². The molecule has 0 aliphatic carbocycles. The number of methoxy groups -OCH3 is 1. The average molecular weight is 462 g/mol. The molecule has 1 heterocycles. The molecule has 1 aliphatic heterocycles. The number of halogens is 1. The number of oxime groups is 1. The lowest BCUT2D eigenvalue weighted by Crippen LogP contribution is -2.40. The highest BCUT2D eigenvalue weighted by molar-refractivity contribution is 6.03. The third kappa shape index (κ3) is 5.36. The zero-order valence-electron chi connectivity index (χ0n) is 19.5. The van der Waals surface area contributed by atoms with Crippen LogP contribution in [0.5, 0.6) is 5.75 Å². The van der Waals surface area contributed by atoms with Gasteiger partial charge in [-0.05, 0) is 54.8 Å². The van der Waals surface area contributed by atoms with Crippen molar-refractivity contribution in [3.63, 3.8) is 0 Å². The number of aryl methyl sites for hydroxylation is 2. The highest BCUT2D eigenvalue weighted by Crippen LogP contribution is 2.26. The van der Waals surface area contributed by atoms with Crippen LogP contribution in [0.4, 0.5) is 14.9 Å². The fourth-order valence-electron chi connectivity index (χ4n) is 4.04. The van der Waals surface area contributed by atoms with E-state index in [4.69, 9.17) is 9.57 Å². The summed E-state index contributed by atoms with van der Waals surface area (Å²) in [6.45, 7) is 4.54. The summed E-state index contributed by atoms with van der Waals surface area (Å²) in [4.78, 5) is 20.7. The van der Waals surface area contributed by atoms with Gasteiger partial charge in [0.05, 0.1) is 19.4 Å². The molecule has 0 saturated heterocycles. The van der Waals surface area contributed by atoms with Crippen LogP contribution >= 0.6 is 0 Å². The van der Waals surface area contributed by atoms with Gasteiger partial charge in [-0.25, -0.2) is 9.18 Å². The van der Waals surface area contributed by atoms with Gasteiger partial charge in [-0.15, -0.1) is 0 Å². The van der Waals surface area contributed by atoms with Crippen LogP contribution in [0.2, 0.25) is 0 Å². The number of hydrogen-bond acceptors (Lipinski definition) is 4. The van der Waals surface area contributed by atoms with Crippen molar-refractivity contribution in [2.75, 3.05) is 19.0 Å². The zero-order chi connectivity index (χ0) is 24.1. The summed E-state index contributed by atoms with van der Waals surface area (Å²) in [5.41, 5.74) is 5.22. The summed E-state index contributed by atoms with van der Waals surface area (Å²) >= 11 is 0. The number of urea groups is 1. The number of para-hydroxylation sites is 2. The fraction of sp³-hybridized carbons (Fsp3) is 0.259. The van der Waals surface area contributed by atoms with Crippen LogP contribution in [-0.4, -0.2) is 36.4 Å². The Morgan fingerprint density at radius 3 is 2.50 bits per heavy atom. The van der Waals surface area contributed by atoms with Crippen molar-refractivity contribution in [1.82, 2.24) is 4.90 Å². The minimum Gasteiger partial charge on any atom is -0.496 e. The Bertz CT molecular complexity index is 1170. The van der Waals surface area contributed by atoms with Crippen LogP contribution in [0.3, 0.4) is 0 Å². The number of carbonyl (C=O) groups is 1. The molecule has 1 aliphatic rings. The van der Waals surface area contributed by atoms with Gasteiger partial charge in [0.2, 0.25) is 0 Å². The quantitative estimate of drug-likeness (QED) is 0.493. The van der Waals surface area contributed by atoms with Crippen molar-refractivity contribution in [3.8, 4) is 5.75 Å². The average Bonchev–Trinajstić information content (AvgIpc) is 3.30. The molecule has 0 bridgehead atoms. The van der Waals surface area contributed by atoms with Crippen LogP contribution < -0.4 is 10.1 Å². The predicted molar refractivity (Wildman–Crippen MR) is 131 cm³/mol. The summed E-state index contributed by atoms with van der Waals surface area (Å²) in [5.74, 6) is 0.408. The number of benzene rings is 3. The van der Waals surface area contributed by atoms with Gasteiger partial charge < -0.3 is 19.8 Å². The first-order valence-corrected chi connectivity index (χ1v) is 11.2. The number of rotatable bonds is 7. The molecule has 1 N–H and O–H groups in total. The summed E-state index contributed by atoms with van der Waals surface area (Å²) in [5, 5.41) is 7.31. The van der Waals surface area contributed by atoms with Crippen LogP contribution in [0.25, 0.3) is 0 Å². The molecule has 1 atom stereocenters. The van der Waals surface area contributed by atoms with Gasteiger partial charge in [0, 0.05) is 24.2 Å². The van der Waals surface area contributed by atoms with E-state index in [0.29, 0.717) is 19.5 Å². The summed E-state index contributed by atoms with van der Waals surface area (Å²) < 4.78 is 18.9. The minimum atomic E-state index is -0.316. The maximum atomic E-state index is 13.4. The van der Waals surface area contributed by atoms with Gasteiger partial charge in [0.15, 0.2) is 6.10 Å². The standard InChI is InChI=1S/C27H28FN3O3/c1-18-7-6-8-19(2)26(18)29-27(32)31(16-20-11-13-21(28)14-12-20)17-22-15-24(30-34-22)23-9-4-5-10-25(23)33-3/h4-14,22H,15-17H2,1-3H3,(H,29,32)/t22-/m0/s1. The highest BCUT2D eigenvalue weighted by atomic mass is 19.1. The van der Waals surface area contributed by atoms with Gasteiger partial charge in [-0.2, -0.15) is 0 Å². The molecular formula is C27H28FN3O3. The maximum absolute atomic E-state index is 13.4. The van der Waals surface area contributed by atoms with Crippen molar-refractivity contribution in [2.24, 2.45) is 5.16 Å². The highest BCUT2D eigenvalue weighted by Gasteiger charge is 2.28. The van der Waals surface area contributed by atoms with Gasteiger partial charge >= 0.3 is 6.03 Å². The number of amides is 2. The zero-order valence-corrected chi connectivity index (χ0v) is 19.5. The molecule has 0 saturated carbocycles. The Morgan fingerprint density at radius 2 is 1.79 bits per heavy atom. The molecule has 0 aromatic heterocycles. The molecular weight excluding hydrogens is 433 g/mol. The fourth-order valence-corrected chi connectivity index (χ4v) is 4.04. The lowest BCUT2D eigenvalue weighted by molar-refractivity contribution is 0.0608. The van der Waals surface area contributed by atoms with E-state index >= 15 is 0 Å². The van der Waals surface area contributed by atoms with E-state index in [0.717, 1.165) is 39.4 Å². The van der Waals surface area contributed by atoms with E-state index in [1.165, 1.54) is 12.1 Å². The number of hydrogen-bond donors (Lipinski definition) is 1. The molecule has 0 spiro atoms. The molecule has 4 rings (SSSR count). The first-order chi connectivity index (χ1) is 16.4. The summed E-state index contributed by atoms with van der Waals surface area (Å²) in [6, 6.07) is 19.4. The Labute approximate surface area is 199 Å². The summed E-state index contributed by atoms with van der Waals surface area (Å²) in [6.07, 6.45) is 0.223. The Balaban J connectivity index is 1.51. The van der Waals surface area contributed by atoms with Crippen LogP contribution in [0.1, 0.15) is 28.7 Å². The van der Waals surface area contributed by atoms with E-state index in [-0.39, 0.29) is 18.0 Å². The number of nitrogens with zero attached hydrogens (tertiary/aromatic N) is 2. The first-order valence-electron chi connectivity index (χ1n) is 11.2. The van der Waals surface area contributed by atoms with Crippen molar-refractivity contribution in [2.45, 2.75) is 32.9 Å². The van der Waals surface area contributed by atoms with Gasteiger partial charge in [0.1, 0.15) is 11.6 Å². The Hall–Kier alpha value is -3.87. The van der Waals surface area contributed by atoms with Gasteiger partial charge in [-0.1, -0.05) is 47.6 Å². The Kier molecular flexibility index (Phi) is 7.11. The van der Waals surface area contributed by atoms with Crippen LogP contribution in [0.15, 0.2) is 71.9 Å². The van der Waals surface area contributed by atoms with Gasteiger partial charge in [0.25, 0.3) is 0 Å². The second-order valence-corrected chi connectivity index (χ2v) is 8.37. The monoisotopic (exact) mass is 461 g/mol. The minimum absolute atomic E-state index is 0.254. The molecule has 2 amide bonds. The maximum Gasteiger partial charge on any atom is 0.322 e. The third-order valence-electron chi connectivity index (χ3n) is 5.86. The van der Waals surface area contributed by atoms with E-state index < -0.39 is 0 Å². The van der Waals surface area contributed by atoms with Gasteiger partial charge in [-0.3, -0.25) is 0 Å². The van der Waals surface area contributed by atoms with Crippen LogP contribution in [0, 0.1) is 19.7 Å². The number of carbonyl (C=O) groups excluding carboxylic acids is 1. The second-order valence-electron chi connectivity index (χ2n) is 8.37. The normalized spacial score (nSPS) is 14.8. The topological polar surface area (TPSA) is 63.2 Å². The predicted octanol–water partition coefficient (Wildman–Crippen LogP) is 5.68. The number of nitrogens with one attached hydrogen (secondary N) is 1. The van der Waals surface area contributed by atoms with Crippen molar-refractivity contribution in [3.05, 3.63) is 94.8 Å². The SMILES string of the molecule is COc1ccccc1C1=NO[C@H](CN(Cc2ccc(F)cc2)C(=O)Nc2c(C)cccc2C)C1. The molecule has 0 radical (unpaired) electrons. The molecule has 3 aromatic carbocycles. The smallest absolute Gasteiger partial charge is 0.322 e. The third-order valence-corrected chi connectivity index (χ3v) is 5.86. The lowest BCUT2D eigenvalue weighted by Gasteiger charge is -2.26. The Morgan fingerprint density at radius 1 is 1.09 bits per heavy atom. The first kappa shape index (κ1) is 23.3. The molecule has 3 aromatic rings. The number of anilines is 1. The summed E-state index contributed by atoms with van der Waals surface area (Å²) in [7, 11) is 1.62. The van der Waals surface area contributed by atoms with Crippen molar-refractivity contribution >= 4 is 17.4 Å². The molecule has 7 heteroatoms. The number of ether oxygens (including phenoxy) is 1. The van der Waals surface area contributed by atoms with Crippen molar-refractivity contribution < 1.29 is 18.8 Å². The van der Waals surface area contributed by atoms with E-state index in [9.17, 15) is 9.18 Å². The molecule has 176 valence electrons. The molecule has 34 heavy (non-hydrogen) atoms. The molecule has 0 fully saturated rings. The second kappa shape index (κ2) is 10.4. The van der Waals surface area contributed by atoms with E-state index in [1.54, 1.807) is 24.1 Å².